The maximum Gasteiger partial charge on any atom is 0.338 e. The fourth-order valence-electron chi connectivity index (χ4n) is 1.04. The van der Waals surface area contributed by atoms with Gasteiger partial charge in [0, 0.05) is 19.2 Å². The van der Waals surface area contributed by atoms with Crippen molar-refractivity contribution in [3.05, 3.63) is 23.6 Å². The zero-order chi connectivity index (χ0) is 12.1. The molecule has 7 heteroatoms. The fourth-order valence-corrected chi connectivity index (χ4v) is 1.04. The topological polar surface area (TPSA) is 105 Å². The van der Waals surface area contributed by atoms with Crippen molar-refractivity contribution in [2.75, 3.05) is 11.9 Å². The Morgan fingerprint density at radius 1 is 1.56 bits per heavy atom. The summed E-state index contributed by atoms with van der Waals surface area (Å²) >= 11 is 0. The minimum Gasteiger partial charge on any atom is -0.478 e. The highest BCUT2D eigenvalue weighted by Crippen LogP contribution is 2.14. The number of nitrogens with zero attached hydrogens (tertiary/aromatic N) is 1. The quantitative estimate of drug-likeness (QED) is 0.666. The molecule has 4 N–H and O–H groups in total. The first-order valence-electron chi connectivity index (χ1n) is 4.42. The summed E-state index contributed by atoms with van der Waals surface area (Å²) in [5.41, 5.74) is 4.41. The van der Waals surface area contributed by atoms with Crippen LogP contribution in [-0.2, 0) is 4.79 Å². The number of amides is 1. The molecule has 1 rings (SSSR count). The van der Waals surface area contributed by atoms with Gasteiger partial charge in [-0.3, -0.25) is 4.79 Å². The van der Waals surface area contributed by atoms with Gasteiger partial charge in [-0.2, -0.15) is 0 Å². The SMILES string of the molecule is NC(=O)CCNc1nccc(C(=O)O)c1F. The van der Waals surface area contributed by atoms with Gasteiger partial charge in [-0.05, 0) is 6.07 Å². The van der Waals surface area contributed by atoms with Gasteiger partial charge in [-0.15, -0.1) is 0 Å². The number of pyridine rings is 1. The zero-order valence-electron chi connectivity index (χ0n) is 8.24. The van der Waals surface area contributed by atoms with Crippen molar-refractivity contribution in [1.29, 1.82) is 0 Å². The van der Waals surface area contributed by atoms with Crippen LogP contribution in [0.4, 0.5) is 10.2 Å². The van der Waals surface area contributed by atoms with Crippen LogP contribution in [0, 0.1) is 5.82 Å². The van der Waals surface area contributed by atoms with E-state index in [0.29, 0.717) is 0 Å². The molecule has 86 valence electrons. The lowest BCUT2D eigenvalue weighted by molar-refractivity contribution is -0.117. The number of rotatable bonds is 5. The summed E-state index contributed by atoms with van der Waals surface area (Å²) < 4.78 is 13.4. The van der Waals surface area contributed by atoms with Gasteiger partial charge in [-0.1, -0.05) is 0 Å². The summed E-state index contributed by atoms with van der Waals surface area (Å²) in [6.07, 6.45) is 1.18. The number of primary amides is 1. The number of nitrogens with two attached hydrogens (primary N) is 1. The lowest BCUT2D eigenvalue weighted by atomic mass is 10.2. The largest absolute Gasteiger partial charge is 0.478 e. The molecule has 0 saturated heterocycles. The number of carboxylic acid groups (broad SMARTS) is 1. The number of aromatic carboxylic acids is 1. The molecule has 0 fully saturated rings. The second-order valence-corrected chi connectivity index (χ2v) is 2.97. The van der Waals surface area contributed by atoms with E-state index in [9.17, 15) is 14.0 Å². The molecule has 0 aromatic carbocycles. The molecular formula is C9H10FN3O3. The first-order chi connectivity index (χ1) is 7.52. The maximum absolute atomic E-state index is 13.4. The van der Waals surface area contributed by atoms with E-state index in [1.807, 2.05) is 0 Å². The fraction of sp³-hybridized carbons (Fsp3) is 0.222. The van der Waals surface area contributed by atoms with Crippen LogP contribution in [0.5, 0.6) is 0 Å². The molecule has 16 heavy (non-hydrogen) atoms. The first-order valence-corrected chi connectivity index (χ1v) is 4.42. The summed E-state index contributed by atoms with van der Waals surface area (Å²) in [6, 6.07) is 1.05. The average Bonchev–Trinajstić information content (AvgIpc) is 2.19. The van der Waals surface area contributed by atoms with E-state index in [1.54, 1.807) is 0 Å². The molecule has 1 heterocycles. The van der Waals surface area contributed by atoms with Crippen LogP contribution < -0.4 is 11.1 Å². The molecule has 0 aliphatic rings. The van der Waals surface area contributed by atoms with Gasteiger partial charge >= 0.3 is 5.97 Å². The van der Waals surface area contributed by atoms with Crippen molar-refractivity contribution < 1.29 is 19.1 Å². The summed E-state index contributed by atoms with van der Waals surface area (Å²) in [6.45, 7) is 0.0995. The second-order valence-electron chi connectivity index (χ2n) is 2.97. The third kappa shape index (κ3) is 2.91. The Bertz CT molecular complexity index is 422. The maximum atomic E-state index is 13.4. The number of halogens is 1. The number of carbonyl (C=O) groups excluding carboxylic acids is 1. The van der Waals surface area contributed by atoms with E-state index in [0.717, 1.165) is 6.07 Å². The lowest BCUT2D eigenvalue weighted by Crippen LogP contribution is -2.17. The Hall–Kier alpha value is -2.18. The zero-order valence-corrected chi connectivity index (χ0v) is 8.24. The van der Waals surface area contributed by atoms with Gasteiger partial charge in [0.25, 0.3) is 0 Å². The molecule has 1 aromatic heterocycles. The van der Waals surface area contributed by atoms with Crippen molar-refractivity contribution in [3.8, 4) is 0 Å². The Kier molecular flexibility index (Phi) is 3.76. The average molecular weight is 227 g/mol. The molecule has 0 radical (unpaired) electrons. The first kappa shape index (κ1) is 11.9. The van der Waals surface area contributed by atoms with Crippen LogP contribution in [0.3, 0.4) is 0 Å². The third-order valence-corrected chi connectivity index (χ3v) is 1.78. The van der Waals surface area contributed by atoms with Crippen LogP contribution in [0.2, 0.25) is 0 Å². The molecule has 1 amide bonds. The second kappa shape index (κ2) is 5.06. The van der Waals surface area contributed by atoms with Crippen LogP contribution in [0.15, 0.2) is 12.3 Å². The predicted octanol–water partition coefficient (Wildman–Crippen LogP) is 0.206. The standard InChI is InChI=1S/C9H10FN3O3/c10-7-5(9(15)16)1-3-12-8(7)13-4-2-6(11)14/h1,3H,2,4H2,(H2,11,14)(H,12,13)(H,15,16). The van der Waals surface area contributed by atoms with Gasteiger partial charge in [0.1, 0.15) is 5.56 Å². The normalized spacial score (nSPS) is 9.81. The summed E-state index contributed by atoms with van der Waals surface area (Å²) in [7, 11) is 0. The van der Waals surface area contributed by atoms with Gasteiger partial charge < -0.3 is 16.2 Å². The number of carboxylic acids is 1. The van der Waals surface area contributed by atoms with E-state index in [4.69, 9.17) is 10.8 Å². The summed E-state index contributed by atoms with van der Waals surface area (Å²) in [5.74, 6) is -3.08. The van der Waals surface area contributed by atoms with E-state index in [2.05, 4.69) is 10.3 Å². The molecular weight excluding hydrogens is 217 g/mol. The van der Waals surface area contributed by atoms with Crippen LogP contribution in [-0.4, -0.2) is 28.5 Å². The van der Waals surface area contributed by atoms with Gasteiger partial charge in [-0.25, -0.2) is 14.2 Å². The van der Waals surface area contributed by atoms with E-state index >= 15 is 0 Å². The van der Waals surface area contributed by atoms with Gasteiger partial charge in [0.15, 0.2) is 11.6 Å². The summed E-state index contributed by atoms with van der Waals surface area (Å²) in [4.78, 5) is 24.6. The third-order valence-electron chi connectivity index (χ3n) is 1.78. The Labute approximate surface area is 90.3 Å². The smallest absolute Gasteiger partial charge is 0.338 e. The van der Waals surface area contributed by atoms with Crippen molar-refractivity contribution >= 4 is 17.7 Å². The summed E-state index contributed by atoms with van der Waals surface area (Å²) in [5, 5.41) is 11.1. The molecule has 0 aliphatic heterocycles. The molecule has 6 nitrogen and oxygen atoms in total. The number of nitrogens with one attached hydrogen (secondary N) is 1. The molecule has 0 bridgehead atoms. The van der Waals surface area contributed by atoms with Crippen molar-refractivity contribution in [2.45, 2.75) is 6.42 Å². The predicted molar refractivity (Wildman–Crippen MR) is 53.5 cm³/mol. The molecule has 0 aliphatic carbocycles. The minimum absolute atomic E-state index is 0.0123. The van der Waals surface area contributed by atoms with Crippen LogP contribution >= 0.6 is 0 Å². The highest BCUT2D eigenvalue weighted by molar-refractivity contribution is 5.88. The lowest BCUT2D eigenvalue weighted by Gasteiger charge is -2.06. The van der Waals surface area contributed by atoms with Gasteiger partial charge in [0.05, 0.1) is 0 Å². The van der Waals surface area contributed by atoms with Gasteiger partial charge in [0.2, 0.25) is 5.91 Å². The molecule has 0 saturated carbocycles. The Balaban J connectivity index is 2.77. The highest BCUT2D eigenvalue weighted by atomic mass is 19.1. The Morgan fingerprint density at radius 2 is 2.25 bits per heavy atom. The molecule has 0 atom stereocenters. The van der Waals surface area contributed by atoms with Crippen molar-refractivity contribution in [3.63, 3.8) is 0 Å². The van der Waals surface area contributed by atoms with E-state index in [1.165, 1.54) is 6.20 Å². The van der Waals surface area contributed by atoms with Crippen molar-refractivity contribution in [2.24, 2.45) is 5.73 Å². The minimum atomic E-state index is -1.38. The Morgan fingerprint density at radius 3 is 2.81 bits per heavy atom. The number of hydrogen-bond donors (Lipinski definition) is 3. The number of hydrogen-bond acceptors (Lipinski definition) is 4. The van der Waals surface area contributed by atoms with E-state index in [-0.39, 0.29) is 18.8 Å². The number of anilines is 1. The monoisotopic (exact) mass is 227 g/mol. The van der Waals surface area contributed by atoms with Crippen molar-refractivity contribution in [1.82, 2.24) is 4.98 Å². The molecule has 0 spiro atoms. The number of aromatic nitrogens is 1. The number of carbonyl (C=O) groups is 2. The molecule has 1 aromatic rings. The highest BCUT2D eigenvalue weighted by Gasteiger charge is 2.14. The van der Waals surface area contributed by atoms with E-state index < -0.39 is 23.3 Å². The molecule has 0 unspecified atom stereocenters. The van der Waals surface area contributed by atoms with Crippen LogP contribution in [0.1, 0.15) is 16.8 Å². The van der Waals surface area contributed by atoms with Crippen LogP contribution in [0.25, 0.3) is 0 Å².